The summed E-state index contributed by atoms with van der Waals surface area (Å²) in [4.78, 5) is 68.0. The summed E-state index contributed by atoms with van der Waals surface area (Å²) in [5.41, 5.74) is 6.95. The molecule has 240 valence electrons. The number of phosphoric ester groups is 1. The van der Waals surface area contributed by atoms with E-state index in [1.54, 1.807) is 12.1 Å². The van der Waals surface area contributed by atoms with Gasteiger partial charge in [0.05, 0.1) is 26.4 Å². The molecule has 19 heteroatoms. The van der Waals surface area contributed by atoms with E-state index in [1.807, 2.05) is 0 Å². The quantitative estimate of drug-likeness (QED) is 0.0870. The summed E-state index contributed by atoms with van der Waals surface area (Å²) in [7, 11) is -3.06. The van der Waals surface area contributed by atoms with E-state index in [9.17, 15) is 28.6 Å². The molecule has 44 heavy (non-hydrogen) atoms. The number of amides is 1. The third-order valence-electron chi connectivity index (χ3n) is 5.58. The lowest BCUT2D eigenvalue weighted by atomic mass is 10.1. The molecule has 2 heterocycles. The second-order valence-corrected chi connectivity index (χ2v) is 10.5. The van der Waals surface area contributed by atoms with Crippen molar-refractivity contribution in [1.82, 2.24) is 24.8 Å². The van der Waals surface area contributed by atoms with E-state index in [0.29, 0.717) is 12.2 Å². The minimum atomic E-state index is -4.58. The number of H-pyrrole nitrogens is 1. The number of aromatic nitrogens is 4. The van der Waals surface area contributed by atoms with Crippen LogP contribution in [0.3, 0.4) is 0 Å². The van der Waals surface area contributed by atoms with Crippen molar-refractivity contribution in [2.24, 2.45) is 0 Å². The van der Waals surface area contributed by atoms with Crippen molar-refractivity contribution in [1.29, 1.82) is 0 Å². The van der Waals surface area contributed by atoms with Gasteiger partial charge in [-0.2, -0.15) is 9.97 Å². The minimum Gasteiger partial charge on any atom is -0.462 e. The normalized spacial score (nSPS) is 13.2. The first-order valence-electron chi connectivity index (χ1n) is 13.1. The largest absolute Gasteiger partial charge is 0.472 e. The predicted molar refractivity (Wildman–Crippen MR) is 152 cm³/mol. The summed E-state index contributed by atoms with van der Waals surface area (Å²) < 4.78 is 43.0. The first-order chi connectivity index (χ1) is 20.9. The number of anilines is 1. The van der Waals surface area contributed by atoms with Crippen molar-refractivity contribution < 1.29 is 51.8 Å². The number of hydrogen-bond acceptors (Lipinski definition) is 14. The number of ether oxygens (including phenoxy) is 4. The fraction of sp³-hybridized carbons (Fsp3) is 0.440. The van der Waals surface area contributed by atoms with Gasteiger partial charge in [0.2, 0.25) is 0 Å². The maximum absolute atomic E-state index is 12.6. The number of esters is 2. The predicted octanol–water partition coefficient (Wildman–Crippen LogP) is 0.134. The number of aromatic amines is 1. The summed E-state index contributed by atoms with van der Waals surface area (Å²) in [6.45, 7) is 1.38. The molecule has 2 atom stereocenters. The number of benzene rings is 1. The average molecular weight is 641 g/mol. The van der Waals surface area contributed by atoms with Gasteiger partial charge in [-0.05, 0) is 17.7 Å². The van der Waals surface area contributed by atoms with E-state index in [2.05, 4.69) is 20.3 Å². The Kier molecular flexibility index (Phi) is 12.4. The number of phosphoric acid groups is 1. The zero-order chi connectivity index (χ0) is 32.3. The highest BCUT2D eigenvalue weighted by atomic mass is 31.2. The van der Waals surface area contributed by atoms with Crippen molar-refractivity contribution in [2.75, 3.05) is 52.4 Å². The SMILES string of the molecule is COCCOc1nc(N)c2[nH]c(=O)n(Cc3ccc(C(=O)NCCOP(=O)(O)OCC(COC(C)=O)OC(C)=O)cc3)c2n1. The summed E-state index contributed by atoms with van der Waals surface area (Å²) in [6, 6.07) is 6.34. The number of nitrogens with one attached hydrogen (secondary N) is 2. The van der Waals surface area contributed by atoms with Crippen LogP contribution in [0.4, 0.5) is 5.82 Å². The van der Waals surface area contributed by atoms with Crippen LogP contribution in [0.1, 0.15) is 29.8 Å². The van der Waals surface area contributed by atoms with E-state index in [0.717, 1.165) is 13.8 Å². The van der Waals surface area contributed by atoms with Crippen molar-refractivity contribution in [2.45, 2.75) is 26.5 Å². The third-order valence-corrected chi connectivity index (χ3v) is 6.56. The Morgan fingerprint density at radius 2 is 1.80 bits per heavy atom. The number of methoxy groups -OCH3 is 1. The number of hydrogen-bond donors (Lipinski definition) is 4. The van der Waals surface area contributed by atoms with Gasteiger partial charge >= 0.3 is 31.5 Å². The molecular weight excluding hydrogens is 607 g/mol. The fourth-order valence-corrected chi connectivity index (χ4v) is 4.36. The highest BCUT2D eigenvalue weighted by Crippen LogP contribution is 2.43. The molecule has 0 aliphatic heterocycles. The molecule has 1 amide bonds. The number of carbonyl (C=O) groups is 3. The molecule has 3 aromatic rings. The van der Waals surface area contributed by atoms with E-state index in [4.69, 9.17) is 33.7 Å². The number of carbonyl (C=O) groups excluding carboxylic acids is 3. The molecule has 5 N–H and O–H groups in total. The third kappa shape index (κ3) is 10.4. The van der Waals surface area contributed by atoms with E-state index in [1.165, 1.54) is 23.8 Å². The average Bonchev–Trinajstić information content (AvgIpc) is 3.28. The van der Waals surface area contributed by atoms with Gasteiger partial charge in [-0.25, -0.2) is 9.36 Å². The van der Waals surface area contributed by atoms with Crippen molar-refractivity contribution in [3.05, 3.63) is 45.9 Å². The number of nitrogens with two attached hydrogens (primary N) is 1. The minimum absolute atomic E-state index is 0.00892. The van der Waals surface area contributed by atoms with E-state index in [-0.39, 0.29) is 61.5 Å². The molecule has 18 nitrogen and oxygen atoms in total. The molecule has 1 aromatic carbocycles. The lowest BCUT2D eigenvalue weighted by Crippen LogP contribution is -2.29. The lowest BCUT2D eigenvalue weighted by Gasteiger charge is -2.18. The molecule has 0 aliphatic rings. The van der Waals surface area contributed by atoms with Crippen molar-refractivity contribution in [3.63, 3.8) is 0 Å². The maximum atomic E-state index is 12.6. The second-order valence-electron chi connectivity index (χ2n) is 9.03. The number of nitrogen functional groups attached to an aromatic ring is 1. The summed E-state index contributed by atoms with van der Waals surface area (Å²) in [6.07, 6.45) is -1.12. The Hall–Kier alpha value is -4.35. The highest BCUT2D eigenvalue weighted by Gasteiger charge is 2.25. The van der Waals surface area contributed by atoms with Gasteiger partial charge in [-0.3, -0.25) is 28.0 Å². The highest BCUT2D eigenvalue weighted by molar-refractivity contribution is 7.47. The maximum Gasteiger partial charge on any atom is 0.472 e. The monoisotopic (exact) mass is 640 g/mol. The zero-order valence-corrected chi connectivity index (χ0v) is 25.0. The van der Waals surface area contributed by atoms with Crippen LogP contribution in [0, 0.1) is 0 Å². The topological polar surface area (TPSA) is 246 Å². The Balaban J connectivity index is 1.52. The molecule has 3 rings (SSSR count). The van der Waals surface area contributed by atoms with Gasteiger partial charge in [0.15, 0.2) is 17.6 Å². The van der Waals surface area contributed by atoms with Gasteiger partial charge < -0.3 is 39.9 Å². The standard InChI is InChI=1S/C25H33N6O12P/c1-15(32)40-13-19(43-16(2)33)14-42-44(36,37)41-9-8-27-23(34)18-6-4-17(5-7-18)12-31-22-20(28-25(31)35)21(26)29-24(30-22)39-11-10-38-3/h4-7,19H,8-14H2,1-3H3,(H,27,34)(H,28,35)(H,36,37)(H2,26,29,30). The molecule has 0 saturated carbocycles. The Morgan fingerprint density at radius 1 is 1.07 bits per heavy atom. The van der Waals surface area contributed by atoms with Crippen LogP contribution < -0.4 is 21.5 Å². The first kappa shape index (κ1) is 34.1. The summed E-state index contributed by atoms with van der Waals surface area (Å²) >= 11 is 0. The Labute approximate surface area is 250 Å². The van der Waals surface area contributed by atoms with Crippen LogP contribution in [0.2, 0.25) is 0 Å². The Bertz CT molecular complexity index is 1560. The molecule has 2 unspecified atom stereocenters. The fourth-order valence-electron chi connectivity index (χ4n) is 3.61. The van der Waals surface area contributed by atoms with E-state index < -0.39 is 44.1 Å². The molecule has 0 spiro atoms. The van der Waals surface area contributed by atoms with Crippen LogP contribution in [0.15, 0.2) is 29.1 Å². The molecule has 0 saturated heterocycles. The van der Waals surface area contributed by atoms with Gasteiger partial charge in [0.25, 0.3) is 5.91 Å². The van der Waals surface area contributed by atoms with Crippen LogP contribution in [-0.2, 0) is 44.0 Å². The summed E-state index contributed by atoms with van der Waals surface area (Å²) in [5, 5.41) is 2.53. The molecule has 0 aliphatic carbocycles. The van der Waals surface area contributed by atoms with Crippen molar-refractivity contribution in [3.8, 4) is 6.01 Å². The molecule has 0 fully saturated rings. The number of nitrogens with zero attached hydrogens (tertiary/aromatic N) is 3. The van der Waals surface area contributed by atoms with E-state index >= 15 is 0 Å². The molecule has 0 bridgehead atoms. The van der Waals surface area contributed by atoms with Crippen LogP contribution in [0.5, 0.6) is 6.01 Å². The first-order valence-corrected chi connectivity index (χ1v) is 14.6. The molecule has 2 aromatic heterocycles. The molecule has 0 radical (unpaired) electrons. The van der Waals surface area contributed by atoms with Crippen LogP contribution >= 0.6 is 7.82 Å². The van der Waals surface area contributed by atoms with Gasteiger partial charge in [0.1, 0.15) is 18.7 Å². The summed E-state index contributed by atoms with van der Waals surface area (Å²) in [5.74, 6) is -1.79. The molecular formula is C25H33N6O12P. The number of rotatable bonds is 17. The lowest BCUT2D eigenvalue weighted by molar-refractivity contribution is -0.158. The number of imidazole rings is 1. The van der Waals surface area contributed by atoms with Crippen LogP contribution in [0.25, 0.3) is 11.2 Å². The van der Waals surface area contributed by atoms with Crippen LogP contribution in [-0.4, -0.2) is 95.1 Å². The van der Waals surface area contributed by atoms with Gasteiger partial charge in [-0.1, -0.05) is 12.1 Å². The van der Waals surface area contributed by atoms with Crippen molar-refractivity contribution >= 4 is 42.7 Å². The number of fused-ring (bicyclic) bond motifs is 1. The second kappa shape index (κ2) is 15.9. The Morgan fingerprint density at radius 3 is 2.45 bits per heavy atom. The van der Waals surface area contributed by atoms with Gasteiger partial charge in [0, 0.05) is 33.1 Å². The van der Waals surface area contributed by atoms with Gasteiger partial charge in [-0.15, -0.1) is 0 Å². The zero-order valence-electron chi connectivity index (χ0n) is 24.1. The smallest absolute Gasteiger partial charge is 0.462 e.